The fourth-order valence-electron chi connectivity index (χ4n) is 11.9. The highest BCUT2D eigenvalue weighted by Gasteiger charge is 2.54. The van der Waals surface area contributed by atoms with Gasteiger partial charge in [0, 0.05) is 53.8 Å². The van der Waals surface area contributed by atoms with E-state index >= 15 is 0 Å². The average molecular weight is 905 g/mol. The van der Waals surface area contributed by atoms with Crippen LogP contribution in [0.3, 0.4) is 0 Å². The average Bonchev–Trinajstić information content (AvgIpc) is 4.02. The monoisotopic (exact) mass is 904 g/mol. The van der Waals surface area contributed by atoms with Gasteiger partial charge in [-0.15, -0.1) is 11.3 Å². The van der Waals surface area contributed by atoms with Gasteiger partial charge < -0.3 is 4.42 Å². The van der Waals surface area contributed by atoms with Crippen LogP contribution in [0.2, 0.25) is 0 Å². The largest absolute Gasteiger partial charge is 0.455 e. The smallest absolute Gasteiger partial charge is 0.143 e. The Morgan fingerprint density at radius 1 is 0.507 bits per heavy atom. The van der Waals surface area contributed by atoms with E-state index in [9.17, 15) is 0 Å². The molecule has 332 valence electrons. The van der Waals surface area contributed by atoms with Crippen LogP contribution in [0.25, 0.3) is 81.1 Å². The minimum atomic E-state index is -0.0226. The van der Waals surface area contributed by atoms with Gasteiger partial charge in [-0.1, -0.05) is 221 Å². The summed E-state index contributed by atoms with van der Waals surface area (Å²) in [5, 5.41) is 4.98. The van der Waals surface area contributed by atoms with Crippen molar-refractivity contribution in [1.82, 2.24) is 0 Å². The summed E-state index contributed by atoms with van der Waals surface area (Å²) in [5.41, 5.74) is 18.7. The van der Waals surface area contributed by atoms with Crippen LogP contribution in [-0.4, -0.2) is 0 Å². The van der Waals surface area contributed by atoms with Gasteiger partial charge >= 0.3 is 0 Å². The third-order valence-corrected chi connectivity index (χ3v) is 17.3. The quantitative estimate of drug-likeness (QED) is 0.141. The fourth-order valence-corrected chi connectivity index (χ4v) is 13.0. The predicted octanol–water partition coefficient (Wildman–Crippen LogP) is 18.8. The summed E-state index contributed by atoms with van der Waals surface area (Å²) in [5.74, 6) is 0.547. The molecule has 3 atom stereocenters. The maximum absolute atomic E-state index is 6.46. The molecule has 9 aromatic carbocycles. The molecular formula is C67H52OS. The first kappa shape index (κ1) is 41.7. The van der Waals surface area contributed by atoms with Crippen molar-refractivity contribution >= 4 is 59.0 Å². The van der Waals surface area contributed by atoms with Crippen LogP contribution in [-0.2, 0) is 11.8 Å². The Labute approximate surface area is 408 Å². The maximum atomic E-state index is 6.46. The van der Waals surface area contributed by atoms with Gasteiger partial charge in [0.05, 0.1) is 0 Å². The molecule has 2 aliphatic carbocycles. The first-order chi connectivity index (χ1) is 33.8. The summed E-state index contributed by atoms with van der Waals surface area (Å²) in [6.45, 7) is 7.33. The normalized spacial score (nSPS) is 17.6. The van der Waals surface area contributed by atoms with Crippen molar-refractivity contribution in [3.05, 3.63) is 258 Å². The highest BCUT2D eigenvalue weighted by molar-refractivity contribution is 7.25. The van der Waals surface area contributed by atoms with Crippen molar-refractivity contribution in [2.75, 3.05) is 0 Å². The highest BCUT2D eigenvalue weighted by Crippen LogP contribution is 2.62. The van der Waals surface area contributed by atoms with Crippen molar-refractivity contribution in [3.8, 4) is 33.4 Å². The van der Waals surface area contributed by atoms with Crippen molar-refractivity contribution in [1.29, 1.82) is 0 Å². The summed E-state index contributed by atoms with van der Waals surface area (Å²) >= 11 is 1.87. The van der Waals surface area contributed by atoms with Gasteiger partial charge in [-0.05, 0) is 109 Å². The zero-order valence-corrected chi connectivity index (χ0v) is 40.1. The maximum Gasteiger partial charge on any atom is 0.143 e. The topological polar surface area (TPSA) is 13.1 Å². The minimum Gasteiger partial charge on any atom is -0.455 e. The summed E-state index contributed by atoms with van der Waals surface area (Å²) in [6.07, 6.45) is 9.32. The van der Waals surface area contributed by atoms with Gasteiger partial charge in [0.15, 0.2) is 0 Å². The molecule has 0 saturated heterocycles. The Kier molecular flexibility index (Phi) is 9.86. The number of thiophene rings is 1. The molecule has 0 amide bonds. The molecule has 2 unspecified atom stereocenters. The summed E-state index contributed by atoms with van der Waals surface area (Å²) in [7, 11) is 0. The van der Waals surface area contributed by atoms with Gasteiger partial charge in [-0.25, -0.2) is 0 Å². The van der Waals surface area contributed by atoms with E-state index in [0.29, 0.717) is 5.92 Å². The number of para-hydroxylation sites is 2. The van der Waals surface area contributed by atoms with Crippen LogP contribution in [0, 0.1) is 5.41 Å². The number of hydrogen-bond donors (Lipinski definition) is 0. The molecule has 0 N–H and O–H groups in total. The minimum absolute atomic E-state index is 0.00630. The first-order valence-corrected chi connectivity index (χ1v) is 25.3. The molecule has 2 heteroatoms. The van der Waals surface area contributed by atoms with Crippen LogP contribution in [0.15, 0.2) is 229 Å². The molecule has 2 aromatic heterocycles. The first-order valence-electron chi connectivity index (χ1n) is 24.5. The third-order valence-electron chi connectivity index (χ3n) is 16.1. The number of fused-ring (bicyclic) bond motifs is 9. The SMILES string of the molecule is CC1(C)c2ccc(-c3ccc(CCC(c4ccc(-c5ccc6sc7ccccc7c6c5)cc4)c4ccc(-c5cccc6c5oc5ccccc56)cc4)cc3)cc2C2C=CC(c3ccccc3)=C[C@]21C. The van der Waals surface area contributed by atoms with Gasteiger partial charge in [-0.2, -0.15) is 0 Å². The molecule has 2 heterocycles. The Bertz CT molecular complexity index is 3810. The number of rotatable bonds is 9. The van der Waals surface area contributed by atoms with Crippen LogP contribution in [0.4, 0.5) is 0 Å². The Morgan fingerprint density at radius 2 is 1.13 bits per heavy atom. The molecule has 0 radical (unpaired) electrons. The number of allylic oxidation sites excluding steroid dienone is 4. The molecular weight excluding hydrogens is 853 g/mol. The molecule has 2 aliphatic rings. The number of hydrogen-bond acceptors (Lipinski definition) is 2. The number of aryl methyl sites for hydroxylation is 1. The van der Waals surface area contributed by atoms with E-state index in [1.54, 1.807) is 0 Å². The zero-order valence-electron chi connectivity index (χ0n) is 39.2. The lowest BCUT2D eigenvalue weighted by Crippen LogP contribution is -2.36. The Morgan fingerprint density at radius 3 is 1.91 bits per heavy atom. The second-order valence-corrected chi connectivity index (χ2v) is 21.2. The molecule has 0 fully saturated rings. The van der Waals surface area contributed by atoms with Gasteiger partial charge in [-0.3, -0.25) is 0 Å². The van der Waals surface area contributed by atoms with E-state index in [2.05, 4.69) is 239 Å². The molecule has 69 heavy (non-hydrogen) atoms. The van der Waals surface area contributed by atoms with E-state index in [-0.39, 0.29) is 16.7 Å². The van der Waals surface area contributed by atoms with Crippen molar-refractivity contribution in [3.63, 3.8) is 0 Å². The second-order valence-electron chi connectivity index (χ2n) is 20.1. The van der Waals surface area contributed by atoms with Crippen molar-refractivity contribution in [2.45, 2.75) is 50.9 Å². The third kappa shape index (κ3) is 6.95. The summed E-state index contributed by atoms with van der Waals surface area (Å²) in [4.78, 5) is 0. The predicted molar refractivity (Wildman–Crippen MR) is 293 cm³/mol. The second kappa shape index (κ2) is 16.3. The van der Waals surface area contributed by atoms with E-state index in [4.69, 9.17) is 4.42 Å². The Hall–Kier alpha value is -7.52. The van der Waals surface area contributed by atoms with E-state index in [0.717, 1.165) is 45.9 Å². The zero-order chi connectivity index (χ0) is 46.3. The van der Waals surface area contributed by atoms with E-state index < -0.39 is 0 Å². The molecule has 0 saturated carbocycles. The number of furan rings is 1. The van der Waals surface area contributed by atoms with Crippen molar-refractivity contribution < 1.29 is 4.42 Å². The lowest BCUT2D eigenvalue weighted by Gasteiger charge is -2.42. The molecule has 0 bridgehead atoms. The van der Waals surface area contributed by atoms with Crippen LogP contribution < -0.4 is 0 Å². The molecule has 11 aromatic rings. The lowest BCUT2D eigenvalue weighted by molar-refractivity contribution is 0.246. The van der Waals surface area contributed by atoms with E-state index in [1.165, 1.54) is 81.4 Å². The van der Waals surface area contributed by atoms with Crippen LogP contribution >= 0.6 is 11.3 Å². The molecule has 0 spiro atoms. The van der Waals surface area contributed by atoms with Crippen molar-refractivity contribution in [2.24, 2.45) is 5.41 Å². The molecule has 0 aliphatic heterocycles. The fraction of sp³-hybridized carbons (Fsp3) is 0.134. The summed E-state index contributed by atoms with van der Waals surface area (Å²) in [6, 6.07) is 76.6. The Balaban J connectivity index is 0.794. The van der Waals surface area contributed by atoms with Crippen LogP contribution in [0.5, 0.6) is 0 Å². The molecule has 1 nitrogen and oxygen atoms in total. The van der Waals surface area contributed by atoms with Gasteiger partial charge in [0.2, 0.25) is 0 Å². The molecule has 13 rings (SSSR count). The summed E-state index contributed by atoms with van der Waals surface area (Å²) < 4.78 is 9.14. The van der Waals surface area contributed by atoms with E-state index in [1.807, 2.05) is 17.4 Å². The lowest BCUT2D eigenvalue weighted by atomic mass is 9.61. The standard InChI is InChI=1S/C67H52OS/c1-66(2)60-37-33-50(41-59(60)61-38-34-52(42-67(61,66)3)44-12-5-4-6-13-44)45-23-20-43(21-24-45)22-36-53(47-27-25-46(26-28-47)51-35-39-64-58(40-51)56-15-8-10-19-63(56)69-64)48-29-31-49(32-30-48)54-16-11-17-57-55-14-7-9-18-62(55)68-65(54)57/h4-21,23-35,37-42,53,61H,22,36H2,1-3H3/t53?,61?,67-/m1/s1. The van der Waals surface area contributed by atoms with Crippen LogP contribution in [0.1, 0.15) is 72.4 Å². The van der Waals surface area contributed by atoms with Gasteiger partial charge in [0.1, 0.15) is 11.2 Å². The highest BCUT2D eigenvalue weighted by atomic mass is 32.1. The van der Waals surface area contributed by atoms with Gasteiger partial charge in [0.25, 0.3) is 0 Å². The number of benzene rings is 9.